The molecule has 3 aromatic rings. The zero-order valence-electron chi connectivity index (χ0n) is 15.6. The normalized spacial score (nSPS) is 12.7. The predicted molar refractivity (Wildman–Crippen MR) is 107 cm³/mol. The van der Waals surface area contributed by atoms with Gasteiger partial charge in [-0.3, -0.25) is 39.7 Å². The number of hydrogen-bond donors (Lipinski definition) is 3. The Kier molecular flexibility index (Phi) is 4.85. The molecule has 0 bridgehead atoms. The van der Waals surface area contributed by atoms with Crippen LogP contribution in [0, 0.1) is 0 Å². The molecule has 4 amide bonds. The highest BCUT2D eigenvalue weighted by atomic mass is 16.2. The molecule has 0 fully saturated rings. The van der Waals surface area contributed by atoms with Gasteiger partial charge in [0.25, 0.3) is 17.7 Å². The van der Waals surface area contributed by atoms with E-state index in [1.54, 1.807) is 48.5 Å². The van der Waals surface area contributed by atoms with Crippen molar-refractivity contribution in [3.05, 3.63) is 81.6 Å². The van der Waals surface area contributed by atoms with E-state index in [1.165, 1.54) is 6.20 Å². The lowest BCUT2D eigenvalue weighted by Crippen LogP contribution is -2.44. The first-order valence-electron chi connectivity index (χ1n) is 9.12. The third kappa shape index (κ3) is 3.32. The number of hydrogen-bond acceptors (Lipinski definition) is 5. The molecule has 2 heterocycles. The summed E-state index contributed by atoms with van der Waals surface area (Å²) in [5.41, 5.74) is 4.92. The van der Waals surface area contributed by atoms with Crippen LogP contribution in [0.5, 0.6) is 0 Å². The van der Waals surface area contributed by atoms with Gasteiger partial charge in [-0.15, -0.1) is 0 Å². The lowest BCUT2D eigenvalue weighted by molar-refractivity contribution is -0.121. The molecular weight excluding hydrogens is 388 g/mol. The van der Waals surface area contributed by atoms with Gasteiger partial charge in [-0.1, -0.05) is 24.3 Å². The van der Waals surface area contributed by atoms with Gasteiger partial charge in [-0.25, -0.2) is 0 Å². The highest BCUT2D eigenvalue weighted by molar-refractivity contribution is 6.21. The van der Waals surface area contributed by atoms with Crippen molar-refractivity contribution in [1.82, 2.24) is 20.7 Å². The number of carbonyl (C=O) groups excluding carboxylic acids is 4. The van der Waals surface area contributed by atoms with Crippen LogP contribution in [0.3, 0.4) is 0 Å². The number of nitrogens with one attached hydrogen (secondary N) is 3. The van der Waals surface area contributed by atoms with Gasteiger partial charge in [0.15, 0.2) is 0 Å². The van der Waals surface area contributed by atoms with Crippen molar-refractivity contribution in [3.8, 4) is 0 Å². The van der Waals surface area contributed by atoms with Gasteiger partial charge in [0.1, 0.15) is 5.56 Å². The van der Waals surface area contributed by atoms with Crippen molar-refractivity contribution < 1.29 is 19.2 Å². The van der Waals surface area contributed by atoms with Crippen molar-refractivity contribution in [1.29, 1.82) is 0 Å². The second-order valence-electron chi connectivity index (χ2n) is 6.64. The Labute approximate surface area is 169 Å². The minimum absolute atomic E-state index is 0.134. The van der Waals surface area contributed by atoms with E-state index in [2.05, 4.69) is 15.8 Å². The molecule has 1 aromatic heterocycles. The third-order valence-corrected chi connectivity index (χ3v) is 4.79. The monoisotopic (exact) mass is 404 g/mol. The summed E-state index contributed by atoms with van der Waals surface area (Å²) in [5, 5.41) is 0.349. The molecule has 9 nitrogen and oxygen atoms in total. The third-order valence-electron chi connectivity index (χ3n) is 4.79. The number of carbonyl (C=O) groups is 4. The van der Waals surface area contributed by atoms with Crippen LogP contribution in [-0.4, -0.2) is 40.1 Å². The number of amides is 4. The molecule has 0 spiro atoms. The summed E-state index contributed by atoms with van der Waals surface area (Å²) in [4.78, 5) is 65.1. The number of benzene rings is 2. The van der Waals surface area contributed by atoms with Gasteiger partial charge in [0, 0.05) is 30.1 Å². The molecule has 1 aliphatic rings. The van der Waals surface area contributed by atoms with Crippen LogP contribution >= 0.6 is 0 Å². The SMILES string of the molecule is O=C(CCN1C(=O)c2ccccc2C1=O)NNC(=O)c1c[nH]c2ccccc2c1=O. The van der Waals surface area contributed by atoms with E-state index in [4.69, 9.17) is 0 Å². The Morgan fingerprint density at radius 3 is 2.20 bits per heavy atom. The quantitative estimate of drug-likeness (QED) is 0.441. The molecule has 0 aliphatic carbocycles. The first-order chi connectivity index (χ1) is 14.5. The fourth-order valence-corrected chi connectivity index (χ4v) is 3.25. The van der Waals surface area contributed by atoms with Gasteiger partial charge in [-0.2, -0.15) is 0 Å². The maximum Gasteiger partial charge on any atom is 0.275 e. The largest absolute Gasteiger partial charge is 0.360 e. The van der Waals surface area contributed by atoms with Gasteiger partial charge < -0.3 is 4.98 Å². The number of aromatic amines is 1. The van der Waals surface area contributed by atoms with Crippen LogP contribution in [0.1, 0.15) is 37.5 Å². The van der Waals surface area contributed by atoms with E-state index < -0.39 is 29.1 Å². The van der Waals surface area contributed by atoms with Gasteiger partial charge in [-0.05, 0) is 24.3 Å². The Morgan fingerprint density at radius 2 is 1.50 bits per heavy atom. The average molecular weight is 404 g/mol. The molecular formula is C21H16N4O5. The smallest absolute Gasteiger partial charge is 0.275 e. The molecule has 0 unspecified atom stereocenters. The minimum Gasteiger partial charge on any atom is -0.360 e. The molecule has 9 heteroatoms. The van der Waals surface area contributed by atoms with Gasteiger partial charge in [0.2, 0.25) is 11.3 Å². The highest BCUT2D eigenvalue weighted by Gasteiger charge is 2.34. The number of nitrogens with zero attached hydrogens (tertiary/aromatic N) is 1. The summed E-state index contributed by atoms with van der Waals surface area (Å²) in [6, 6.07) is 13.2. The Balaban J connectivity index is 1.35. The van der Waals surface area contributed by atoms with Crippen LogP contribution in [0.15, 0.2) is 59.5 Å². The summed E-state index contributed by atoms with van der Waals surface area (Å²) in [5.74, 6) is -2.32. The Morgan fingerprint density at radius 1 is 0.867 bits per heavy atom. The molecule has 30 heavy (non-hydrogen) atoms. The Bertz CT molecular complexity index is 1230. The van der Waals surface area contributed by atoms with Crippen LogP contribution in [-0.2, 0) is 4.79 Å². The number of rotatable bonds is 4. The molecule has 0 saturated carbocycles. The highest BCUT2D eigenvalue weighted by Crippen LogP contribution is 2.22. The number of para-hydroxylation sites is 1. The fraction of sp³-hybridized carbons (Fsp3) is 0.0952. The molecule has 150 valence electrons. The number of hydrazine groups is 1. The van der Waals surface area contributed by atoms with E-state index in [0.717, 1.165) is 4.90 Å². The van der Waals surface area contributed by atoms with E-state index in [0.29, 0.717) is 22.0 Å². The summed E-state index contributed by atoms with van der Waals surface area (Å²) in [7, 11) is 0. The number of fused-ring (bicyclic) bond motifs is 2. The second kappa shape index (κ2) is 7.63. The summed E-state index contributed by atoms with van der Waals surface area (Å²) < 4.78 is 0. The van der Waals surface area contributed by atoms with Gasteiger partial charge in [0.05, 0.1) is 11.1 Å². The lowest BCUT2D eigenvalue weighted by Gasteiger charge is -2.13. The van der Waals surface area contributed by atoms with Crippen molar-refractivity contribution in [3.63, 3.8) is 0 Å². The fourth-order valence-electron chi connectivity index (χ4n) is 3.25. The average Bonchev–Trinajstić information content (AvgIpc) is 3.01. The van der Waals surface area contributed by atoms with Crippen molar-refractivity contribution in [2.75, 3.05) is 6.54 Å². The van der Waals surface area contributed by atoms with E-state index >= 15 is 0 Å². The molecule has 0 saturated heterocycles. The first kappa shape index (κ1) is 19.1. The predicted octanol–water partition coefficient (Wildman–Crippen LogP) is 0.975. The molecule has 2 aromatic carbocycles. The van der Waals surface area contributed by atoms with E-state index in [9.17, 15) is 24.0 Å². The van der Waals surface area contributed by atoms with Crippen LogP contribution in [0.25, 0.3) is 10.9 Å². The van der Waals surface area contributed by atoms with E-state index in [-0.39, 0.29) is 18.5 Å². The van der Waals surface area contributed by atoms with Crippen LogP contribution in [0.4, 0.5) is 0 Å². The van der Waals surface area contributed by atoms with Gasteiger partial charge >= 0.3 is 0 Å². The maximum atomic E-state index is 12.4. The zero-order valence-corrected chi connectivity index (χ0v) is 15.6. The number of H-pyrrole nitrogens is 1. The van der Waals surface area contributed by atoms with Crippen molar-refractivity contribution in [2.24, 2.45) is 0 Å². The zero-order chi connectivity index (χ0) is 21.3. The summed E-state index contributed by atoms with van der Waals surface area (Å²) in [6.45, 7) is -0.134. The number of imide groups is 1. The second-order valence-corrected chi connectivity index (χ2v) is 6.64. The number of aromatic nitrogens is 1. The molecule has 0 radical (unpaired) electrons. The van der Waals surface area contributed by atoms with Crippen LogP contribution < -0.4 is 16.3 Å². The lowest BCUT2D eigenvalue weighted by atomic mass is 10.1. The molecule has 0 atom stereocenters. The summed E-state index contributed by atoms with van der Waals surface area (Å²) in [6.07, 6.45) is 1.06. The van der Waals surface area contributed by atoms with Crippen molar-refractivity contribution in [2.45, 2.75) is 6.42 Å². The Hall–Kier alpha value is -4.27. The maximum absolute atomic E-state index is 12.4. The topological polar surface area (TPSA) is 128 Å². The standard InChI is InChI=1S/C21H16N4O5/c26-17(9-10-25-20(29)12-5-1-2-6-13(12)21(25)30)23-24-19(28)15-11-22-16-8-4-3-7-14(16)18(15)27/h1-8,11H,9-10H2,(H,22,27)(H,23,26)(H,24,28). The first-order valence-corrected chi connectivity index (χ1v) is 9.12. The molecule has 3 N–H and O–H groups in total. The summed E-state index contributed by atoms with van der Waals surface area (Å²) >= 11 is 0. The molecule has 1 aliphatic heterocycles. The number of pyridine rings is 1. The minimum atomic E-state index is -0.781. The van der Waals surface area contributed by atoms with E-state index in [1.807, 2.05) is 0 Å². The molecule has 4 rings (SSSR count). The van der Waals surface area contributed by atoms with Crippen LogP contribution in [0.2, 0.25) is 0 Å². The van der Waals surface area contributed by atoms with Crippen molar-refractivity contribution >= 4 is 34.5 Å².